The van der Waals surface area contributed by atoms with Crippen LogP contribution in [0.5, 0.6) is 17.2 Å². The molecule has 44 heavy (non-hydrogen) atoms. The molecular formula is C35H36F3NO4Si. The van der Waals surface area contributed by atoms with Gasteiger partial charge < -0.3 is 18.8 Å². The van der Waals surface area contributed by atoms with E-state index in [9.17, 15) is 18.0 Å². The second-order valence-electron chi connectivity index (χ2n) is 11.9. The van der Waals surface area contributed by atoms with E-state index in [-0.39, 0.29) is 24.5 Å². The van der Waals surface area contributed by atoms with Crippen LogP contribution in [0, 0.1) is 0 Å². The lowest BCUT2D eigenvalue weighted by Gasteiger charge is -2.43. The van der Waals surface area contributed by atoms with E-state index in [2.05, 4.69) is 45.0 Å². The van der Waals surface area contributed by atoms with Crippen molar-refractivity contribution in [3.63, 3.8) is 0 Å². The zero-order chi connectivity index (χ0) is 31.7. The van der Waals surface area contributed by atoms with Crippen molar-refractivity contribution in [3.8, 4) is 28.4 Å². The second-order valence-corrected chi connectivity index (χ2v) is 16.1. The SMILES string of the molecule is COc1cc2c(cc1OC)-c1cc(O[Si](c3ccccc3)(c3ccccc3)C(C)(C)C)ccc1CCN(C(=O)C(F)(F)F)C2. The molecule has 9 heteroatoms. The molecule has 0 spiro atoms. The number of benzene rings is 4. The molecular weight excluding hydrogens is 583 g/mol. The molecule has 0 unspecified atom stereocenters. The number of alkyl halides is 3. The monoisotopic (exact) mass is 619 g/mol. The topological polar surface area (TPSA) is 48.0 Å². The summed E-state index contributed by atoms with van der Waals surface area (Å²) in [6.45, 7) is 6.28. The third-order valence-corrected chi connectivity index (χ3v) is 13.2. The van der Waals surface area contributed by atoms with Gasteiger partial charge >= 0.3 is 20.4 Å². The van der Waals surface area contributed by atoms with Crippen molar-refractivity contribution in [1.82, 2.24) is 4.90 Å². The van der Waals surface area contributed by atoms with E-state index in [0.717, 1.165) is 26.4 Å². The Kier molecular flexibility index (Phi) is 8.53. The molecule has 0 bridgehead atoms. The van der Waals surface area contributed by atoms with E-state index >= 15 is 0 Å². The number of fused-ring (bicyclic) bond motifs is 3. The van der Waals surface area contributed by atoms with Crippen molar-refractivity contribution in [1.29, 1.82) is 0 Å². The molecule has 1 heterocycles. The summed E-state index contributed by atoms with van der Waals surface area (Å²) >= 11 is 0. The molecule has 4 aromatic carbocycles. The van der Waals surface area contributed by atoms with Crippen LogP contribution in [0.1, 0.15) is 31.9 Å². The minimum absolute atomic E-state index is 0.0892. The lowest BCUT2D eigenvalue weighted by atomic mass is 9.91. The minimum Gasteiger partial charge on any atom is -0.534 e. The average Bonchev–Trinajstić information content (AvgIpc) is 3.00. The summed E-state index contributed by atoms with van der Waals surface area (Å²) in [4.78, 5) is 13.2. The Bertz CT molecular complexity index is 1600. The molecule has 1 aliphatic heterocycles. The first kappa shape index (κ1) is 31.2. The van der Waals surface area contributed by atoms with Crippen LogP contribution in [0.15, 0.2) is 91.0 Å². The highest BCUT2D eigenvalue weighted by Gasteiger charge is 2.52. The van der Waals surface area contributed by atoms with Crippen LogP contribution >= 0.6 is 0 Å². The van der Waals surface area contributed by atoms with Gasteiger partial charge in [0, 0.05) is 13.1 Å². The number of methoxy groups -OCH3 is 2. The summed E-state index contributed by atoms with van der Waals surface area (Å²) in [6, 6.07) is 29.7. The molecule has 1 aliphatic rings. The Labute approximate surface area is 257 Å². The summed E-state index contributed by atoms with van der Waals surface area (Å²) in [5, 5.41) is 1.98. The van der Waals surface area contributed by atoms with Crippen LogP contribution in [-0.2, 0) is 17.8 Å². The first-order chi connectivity index (χ1) is 20.9. The molecule has 5 rings (SSSR count). The molecule has 0 aromatic heterocycles. The van der Waals surface area contributed by atoms with Crippen LogP contribution in [0.4, 0.5) is 13.2 Å². The van der Waals surface area contributed by atoms with Crippen molar-refractivity contribution in [3.05, 3.63) is 102 Å². The molecule has 0 fully saturated rings. The number of ether oxygens (including phenoxy) is 2. The molecule has 0 atom stereocenters. The maximum atomic E-state index is 13.5. The smallest absolute Gasteiger partial charge is 0.471 e. The molecule has 230 valence electrons. The minimum atomic E-state index is -4.98. The number of hydrogen-bond acceptors (Lipinski definition) is 4. The highest BCUT2D eigenvalue weighted by atomic mass is 28.4. The van der Waals surface area contributed by atoms with Crippen molar-refractivity contribution in [2.75, 3.05) is 20.8 Å². The number of carbonyl (C=O) groups is 1. The van der Waals surface area contributed by atoms with Crippen molar-refractivity contribution in [2.45, 2.75) is 45.0 Å². The summed E-state index contributed by atoms with van der Waals surface area (Å²) in [7, 11) is 0.0263. The normalized spacial score (nSPS) is 13.7. The Morgan fingerprint density at radius 1 is 0.750 bits per heavy atom. The van der Waals surface area contributed by atoms with Crippen LogP contribution in [0.25, 0.3) is 11.1 Å². The van der Waals surface area contributed by atoms with Gasteiger partial charge in [-0.1, -0.05) is 87.5 Å². The lowest BCUT2D eigenvalue weighted by Crippen LogP contribution is -2.68. The van der Waals surface area contributed by atoms with Gasteiger partial charge in [0.05, 0.1) is 14.2 Å². The summed E-state index contributed by atoms with van der Waals surface area (Å²) in [6.07, 6.45) is -4.74. The maximum absolute atomic E-state index is 13.5. The Morgan fingerprint density at radius 2 is 1.30 bits per heavy atom. The van der Waals surface area contributed by atoms with Crippen molar-refractivity contribution >= 4 is 24.6 Å². The molecule has 4 aromatic rings. The van der Waals surface area contributed by atoms with Crippen molar-refractivity contribution in [2.24, 2.45) is 0 Å². The van der Waals surface area contributed by atoms with E-state index in [0.29, 0.717) is 28.4 Å². The lowest BCUT2D eigenvalue weighted by molar-refractivity contribution is -0.186. The van der Waals surface area contributed by atoms with Crippen LogP contribution in [0.2, 0.25) is 5.04 Å². The quantitative estimate of drug-likeness (QED) is 0.224. The summed E-state index contributed by atoms with van der Waals surface area (Å²) in [5.41, 5.74) is 2.79. The van der Waals surface area contributed by atoms with Gasteiger partial charge in [-0.25, -0.2) is 0 Å². The number of hydrogen-bond donors (Lipinski definition) is 0. The van der Waals surface area contributed by atoms with Crippen LogP contribution < -0.4 is 24.3 Å². The number of nitrogens with zero attached hydrogens (tertiary/aromatic N) is 1. The fourth-order valence-electron chi connectivity index (χ4n) is 6.11. The standard InChI is InChI=1S/C35H36F3NO4Si/c1-34(2,3)44(27-12-8-6-9-13-27,28-14-10-7-11-15-28)43-26-17-16-24-18-19-39(33(40)35(36,37)38)23-25-20-31(41-4)32(42-5)22-30(25)29(24)21-26/h6-17,20-22H,18-19,23H2,1-5H3. The molecule has 5 nitrogen and oxygen atoms in total. The van der Waals surface area contributed by atoms with Gasteiger partial charge in [0.15, 0.2) is 11.5 Å². The number of halogens is 3. The van der Waals surface area contributed by atoms with Crippen molar-refractivity contribution < 1.29 is 31.9 Å². The van der Waals surface area contributed by atoms with E-state index < -0.39 is 20.4 Å². The van der Waals surface area contributed by atoms with Gasteiger partial charge in [-0.05, 0) is 68.4 Å². The first-order valence-electron chi connectivity index (χ1n) is 14.4. The van der Waals surface area contributed by atoms with E-state index in [1.54, 1.807) is 12.1 Å². The molecule has 0 radical (unpaired) electrons. The summed E-state index contributed by atoms with van der Waals surface area (Å²) in [5.74, 6) is -0.409. The van der Waals surface area contributed by atoms with Crippen LogP contribution in [0.3, 0.4) is 0 Å². The highest BCUT2D eigenvalue weighted by Crippen LogP contribution is 2.42. The number of amides is 1. The zero-order valence-electron chi connectivity index (χ0n) is 25.5. The van der Waals surface area contributed by atoms with Gasteiger partial charge in [0.25, 0.3) is 0 Å². The molecule has 0 saturated heterocycles. The molecule has 1 amide bonds. The van der Waals surface area contributed by atoms with E-state index in [1.807, 2.05) is 54.6 Å². The first-order valence-corrected chi connectivity index (χ1v) is 16.3. The Morgan fingerprint density at radius 3 is 1.82 bits per heavy atom. The average molecular weight is 620 g/mol. The third-order valence-electron chi connectivity index (χ3n) is 8.21. The van der Waals surface area contributed by atoms with Gasteiger partial charge in [-0.2, -0.15) is 13.2 Å². The second kappa shape index (κ2) is 12.0. The highest BCUT2D eigenvalue weighted by molar-refractivity contribution is 7.00. The fraction of sp³-hybridized carbons (Fsp3) is 0.286. The molecule has 0 N–H and O–H groups in total. The summed E-state index contributed by atoms with van der Waals surface area (Å²) < 4.78 is 59.0. The maximum Gasteiger partial charge on any atom is 0.471 e. The Balaban J connectivity index is 1.69. The van der Waals surface area contributed by atoms with E-state index in [4.69, 9.17) is 13.9 Å². The molecule has 0 saturated carbocycles. The molecule has 0 aliphatic carbocycles. The third kappa shape index (κ3) is 5.80. The van der Waals surface area contributed by atoms with Gasteiger partial charge in [-0.15, -0.1) is 0 Å². The zero-order valence-corrected chi connectivity index (χ0v) is 26.5. The van der Waals surface area contributed by atoms with Crippen LogP contribution in [-0.4, -0.2) is 46.1 Å². The van der Waals surface area contributed by atoms with Gasteiger partial charge in [0.1, 0.15) is 5.75 Å². The predicted octanol–water partition coefficient (Wildman–Crippen LogP) is 6.76. The fourth-order valence-corrected chi connectivity index (χ4v) is 10.5. The largest absolute Gasteiger partial charge is 0.534 e. The Hall–Kier alpha value is -4.24. The predicted molar refractivity (Wildman–Crippen MR) is 168 cm³/mol. The van der Waals surface area contributed by atoms with E-state index in [1.165, 1.54) is 14.2 Å². The number of carbonyl (C=O) groups excluding carboxylic acids is 1. The van der Waals surface area contributed by atoms with Gasteiger partial charge in [-0.3, -0.25) is 4.79 Å². The number of rotatable bonds is 6. The van der Waals surface area contributed by atoms with Gasteiger partial charge in [0.2, 0.25) is 0 Å².